The summed E-state index contributed by atoms with van der Waals surface area (Å²) in [4.78, 5) is 10.1. The van der Waals surface area contributed by atoms with Crippen molar-refractivity contribution in [3.63, 3.8) is 0 Å². The fourth-order valence-corrected chi connectivity index (χ4v) is 1.34. The van der Waals surface area contributed by atoms with E-state index in [0.717, 1.165) is 12.1 Å². The molecule has 1 N–H and O–H groups in total. The number of benzene rings is 1. The number of nitro groups is 1. The van der Waals surface area contributed by atoms with E-state index in [0.29, 0.717) is 11.4 Å². The summed E-state index contributed by atoms with van der Waals surface area (Å²) in [5.74, 6) is 0. The van der Waals surface area contributed by atoms with Crippen molar-refractivity contribution in [3.8, 4) is 0 Å². The summed E-state index contributed by atoms with van der Waals surface area (Å²) in [6, 6.07) is 4.48. The number of nitrogens with one attached hydrogen (secondary N) is 1. The van der Waals surface area contributed by atoms with Crippen molar-refractivity contribution in [2.24, 2.45) is 0 Å². The lowest BCUT2D eigenvalue weighted by atomic mass is 10.1. The second-order valence-electron chi connectivity index (χ2n) is 2.89. The van der Waals surface area contributed by atoms with Gasteiger partial charge in [-0.15, -0.1) is 0 Å². The molecular formula is C9H11ClN2O2. The highest BCUT2D eigenvalue weighted by atomic mass is 35.5. The lowest BCUT2D eigenvalue weighted by Crippen LogP contribution is -2.10. The molecule has 0 aliphatic carbocycles. The molecule has 0 amide bonds. The van der Waals surface area contributed by atoms with Gasteiger partial charge in [-0.2, -0.15) is 0 Å². The third-order valence-electron chi connectivity index (χ3n) is 1.88. The van der Waals surface area contributed by atoms with E-state index in [2.05, 4.69) is 5.32 Å². The zero-order valence-corrected chi connectivity index (χ0v) is 8.54. The molecule has 5 heteroatoms. The van der Waals surface area contributed by atoms with Crippen LogP contribution in [0.1, 0.15) is 5.56 Å². The van der Waals surface area contributed by atoms with E-state index in [-0.39, 0.29) is 5.69 Å². The van der Waals surface area contributed by atoms with Crippen LogP contribution in [0.15, 0.2) is 18.2 Å². The first-order valence-electron chi connectivity index (χ1n) is 4.22. The fraction of sp³-hybridized carbons (Fsp3) is 0.333. The molecular weight excluding hydrogens is 204 g/mol. The predicted molar refractivity (Wildman–Crippen MR) is 55.7 cm³/mol. The van der Waals surface area contributed by atoms with E-state index in [9.17, 15) is 10.1 Å². The van der Waals surface area contributed by atoms with Gasteiger partial charge >= 0.3 is 0 Å². The van der Waals surface area contributed by atoms with E-state index in [1.54, 1.807) is 6.07 Å². The smallest absolute Gasteiger partial charge is 0.269 e. The molecule has 0 aliphatic rings. The van der Waals surface area contributed by atoms with E-state index >= 15 is 0 Å². The highest BCUT2D eigenvalue weighted by Gasteiger charge is 2.08. The summed E-state index contributed by atoms with van der Waals surface area (Å²) < 4.78 is 0. The summed E-state index contributed by atoms with van der Waals surface area (Å²) >= 11 is 5.89. The molecule has 0 saturated heterocycles. The minimum absolute atomic E-state index is 0.0838. The van der Waals surface area contributed by atoms with E-state index in [1.165, 1.54) is 12.1 Å². The topological polar surface area (TPSA) is 55.2 Å². The molecule has 14 heavy (non-hydrogen) atoms. The Morgan fingerprint density at radius 2 is 2.29 bits per heavy atom. The zero-order valence-electron chi connectivity index (χ0n) is 7.79. The number of nitrogens with zero attached hydrogens (tertiary/aromatic N) is 1. The minimum atomic E-state index is -0.417. The van der Waals surface area contributed by atoms with Gasteiger partial charge in [0.25, 0.3) is 5.69 Å². The lowest BCUT2D eigenvalue weighted by Gasteiger charge is -2.03. The number of hydrogen-bond acceptors (Lipinski definition) is 3. The fourth-order valence-electron chi connectivity index (χ4n) is 1.13. The average molecular weight is 215 g/mol. The second kappa shape index (κ2) is 4.93. The maximum atomic E-state index is 10.5. The number of likely N-dealkylation sites (N-methyl/N-ethyl adjacent to an activating group) is 1. The molecule has 1 aromatic rings. The quantitative estimate of drug-likeness (QED) is 0.616. The van der Waals surface area contributed by atoms with Crippen LogP contribution in [0, 0.1) is 10.1 Å². The molecule has 0 heterocycles. The van der Waals surface area contributed by atoms with Gasteiger partial charge in [0.05, 0.1) is 4.92 Å². The van der Waals surface area contributed by atoms with Crippen molar-refractivity contribution in [1.29, 1.82) is 0 Å². The molecule has 0 fully saturated rings. The minimum Gasteiger partial charge on any atom is -0.319 e. The van der Waals surface area contributed by atoms with Gasteiger partial charge < -0.3 is 5.32 Å². The number of hydrogen-bond donors (Lipinski definition) is 1. The second-order valence-corrected chi connectivity index (χ2v) is 3.29. The molecule has 0 bridgehead atoms. The van der Waals surface area contributed by atoms with Crippen LogP contribution in [-0.4, -0.2) is 18.5 Å². The molecule has 0 aliphatic heterocycles. The molecule has 0 atom stereocenters. The Bertz CT molecular complexity index is 342. The van der Waals surface area contributed by atoms with Crippen molar-refractivity contribution in [3.05, 3.63) is 38.9 Å². The van der Waals surface area contributed by atoms with Crippen LogP contribution in [0.4, 0.5) is 5.69 Å². The molecule has 0 radical (unpaired) electrons. The number of rotatable bonds is 4. The van der Waals surface area contributed by atoms with Gasteiger partial charge in [-0.05, 0) is 31.6 Å². The van der Waals surface area contributed by atoms with Gasteiger partial charge in [0.1, 0.15) is 0 Å². The summed E-state index contributed by atoms with van der Waals surface area (Å²) in [5.41, 5.74) is 0.885. The Morgan fingerprint density at radius 3 is 2.86 bits per heavy atom. The van der Waals surface area contributed by atoms with Gasteiger partial charge in [-0.3, -0.25) is 10.1 Å². The Morgan fingerprint density at radius 1 is 1.57 bits per heavy atom. The van der Waals surface area contributed by atoms with Crippen molar-refractivity contribution in [2.45, 2.75) is 6.42 Å². The van der Waals surface area contributed by atoms with Gasteiger partial charge in [-0.25, -0.2) is 0 Å². The maximum Gasteiger partial charge on any atom is 0.269 e. The molecule has 76 valence electrons. The van der Waals surface area contributed by atoms with Crippen LogP contribution < -0.4 is 5.32 Å². The number of halogens is 1. The predicted octanol–water partition coefficient (Wildman–Crippen LogP) is 2.01. The zero-order chi connectivity index (χ0) is 10.6. The van der Waals surface area contributed by atoms with E-state index < -0.39 is 4.92 Å². The van der Waals surface area contributed by atoms with Gasteiger partial charge in [0.2, 0.25) is 0 Å². The Labute approximate surface area is 87.0 Å². The number of nitro benzene ring substituents is 1. The van der Waals surface area contributed by atoms with Crippen LogP contribution in [0.5, 0.6) is 0 Å². The first-order chi connectivity index (χ1) is 6.65. The standard InChI is InChI=1S/C9H11ClN2O2/c1-11-5-4-7-6-8(12(13)14)2-3-9(7)10/h2-3,6,11H,4-5H2,1H3. The van der Waals surface area contributed by atoms with Gasteiger partial charge in [-0.1, -0.05) is 11.6 Å². The summed E-state index contributed by atoms with van der Waals surface area (Å²) in [5, 5.41) is 14.0. The third-order valence-corrected chi connectivity index (χ3v) is 2.25. The first kappa shape index (κ1) is 10.9. The van der Waals surface area contributed by atoms with Gasteiger partial charge in [0.15, 0.2) is 0 Å². The maximum absolute atomic E-state index is 10.5. The monoisotopic (exact) mass is 214 g/mol. The van der Waals surface area contributed by atoms with Crippen LogP contribution >= 0.6 is 11.6 Å². The van der Waals surface area contributed by atoms with Crippen molar-refractivity contribution < 1.29 is 4.92 Å². The van der Waals surface area contributed by atoms with E-state index in [4.69, 9.17) is 11.6 Å². The molecule has 1 aromatic carbocycles. The largest absolute Gasteiger partial charge is 0.319 e. The third kappa shape index (κ3) is 2.68. The van der Waals surface area contributed by atoms with E-state index in [1.807, 2.05) is 7.05 Å². The summed E-state index contributed by atoms with van der Waals surface area (Å²) in [6.45, 7) is 0.751. The normalized spacial score (nSPS) is 10.1. The molecule has 0 spiro atoms. The van der Waals surface area contributed by atoms with Crippen molar-refractivity contribution >= 4 is 17.3 Å². The summed E-state index contributed by atoms with van der Waals surface area (Å²) in [7, 11) is 1.82. The van der Waals surface area contributed by atoms with Crippen molar-refractivity contribution in [1.82, 2.24) is 5.32 Å². The first-order valence-corrected chi connectivity index (χ1v) is 4.60. The van der Waals surface area contributed by atoms with Gasteiger partial charge in [0, 0.05) is 17.2 Å². The summed E-state index contributed by atoms with van der Waals surface area (Å²) in [6.07, 6.45) is 0.691. The molecule has 4 nitrogen and oxygen atoms in total. The Hall–Kier alpha value is -1.13. The van der Waals surface area contributed by atoms with Crippen LogP contribution in [0.25, 0.3) is 0 Å². The SMILES string of the molecule is CNCCc1cc([N+](=O)[O-])ccc1Cl. The molecule has 0 aromatic heterocycles. The average Bonchev–Trinajstić information content (AvgIpc) is 2.16. The lowest BCUT2D eigenvalue weighted by molar-refractivity contribution is -0.384. The number of non-ortho nitro benzene ring substituents is 1. The Balaban J connectivity index is 2.90. The van der Waals surface area contributed by atoms with Crippen LogP contribution in [0.2, 0.25) is 5.02 Å². The molecule has 0 unspecified atom stereocenters. The van der Waals surface area contributed by atoms with Crippen LogP contribution in [-0.2, 0) is 6.42 Å². The molecule has 0 saturated carbocycles. The van der Waals surface area contributed by atoms with Crippen LogP contribution in [0.3, 0.4) is 0 Å². The highest BCUT2D eigenvalue weighted by Crippen LogP contribution is 2.22. The van der Waals surface area contributed by atoms with Crippen molar-refractivity contribution in [2.75, 3.05) is 13.6 Å². The highest BCUT2D eigenvalue weighted by molar-refractivity contribution is 6.31. The molecule has 1 rings (SSSR count). The Kier molecular flexibility index (Phi) is 3.85.